The normalized spacial score (nSPS) is 12.8. The number of nitrogens with zero attached hydrogens (tertiary/aromatic N) is 2. The Kier molecular flexibility index (Phi) is 7.92. The molecule has 26 heavy (non-hydrogen) atoms. The summed E-state index contributed by atoms with van der Waals surface area (Å²) in [6.07, 6.45) is 0.998. The smallest absolute Gasteiger partial charge is 0.259 e. The standard InChI is InChI=1S/C18H27N3O4S/c1-5-7-25-11-14(22)9-21(6-8-24-4)10-15-19-17(23)16-12(2)13(3)26-18(16)20-15/h5,14,22H,1,6-11H2,2-4H3,(H,19,20,23). The van der Waals surface area contributed by atoms with E-state index in [1.165, 1.54) is 11.3 Å². The van der Waals surface area contributed by atoms with Gasteiger partial charge in [0.05, 0.1) is 37.9 Å². The molecule has 0 aliphatic heterocycles. The lowest BCUT2D eigenvalue weighted by Crippen LogP contribution is -2.37. The lowest BCUT2D eigenvalue weighted by molar-refractivity contribution is 0.0189. The predicted octanol–water partition coefficient (Wildman–Crippen LogP) is 1.61. The van der Waals surface area contributed by atoms with Crippen molar-refractivity contribution in [1.82, 2.24) is 14.9 Å². The van der Waals surface area contributed by atoms with Gasteiger partial charge in [-0.05, 0) is 19.4 Å². The maximum absolute atomic E-state index is 12.4. The number of aliphatic hydroxyl groups excluding tert-OH is 1. The first kappa shape index (κ1) is 20.7. The highest BCUT2D eigenvalue weighted by Gasteiger charge is 2.16. The molecule has 0 aromatic carbocycles. The summed E-state index contributed by atoms with van der Waals surface area (Å²) in [6.45, 7) is 10.1. The summed E-state index contributed by atoms with van der Waals surface area (Å²) >= 11 is 1.53. The number of aryl methyl sites for hydroxylation is 2. The fraction of sp³-hybridized carbons (Fsp3) is 0.556. The number of thiophene rings is 1. The van der Waals surface area contributed by atoms with Gasteiger partial charge in [0.2, 0.25) is 0 Å². The van der Waals surface area contributed by atoms with Crippen LogP contribution in [0.3, 0.4) is 0 Å². The van der Waals surface area contributed by atoms with Gasteiger partial charge < -0.3 is 19.6 Å². The molecular formula is C18H27N3O4S. The molecule has 1 unspecified atom stereocenters. The molecule has 0 fully saturated rings. The average Bonchev–Trinajstić information content (AvgIpc) is 2.87. The second-order valence-corrected chi connectivity index (χ2v) is 7.39. The van der Waals surface area contributed by atoms with Crippen LogP contribution in [0.15, 0.2) is 17.4 Å². The molecule has 1 atom stereocenters. The van der Waals surface area contributed by atoms with Gasteiger partial charge in [0, 0.05) is 25.1 Å². The molecular weight excluding hydrogens is 354 g/mol. The fourth-order valence-electron chi connectivity index (χ4n) is 2.68. The molecule has 7 nitrogen and oxygen atoms in total. The zero-order chi connectivity index (χ0) is 19.1. The average molecular weight is 381 g/mol. The Hall–Kier alpha value is -1.58. The van der Waals surface area contributed by atoms with Crippen LogP contribution in [-0.4, -0.2) is 66.1 Å². The summed E-state index contributed by atoms with van der Waals surface area (Å²) in [5.41, 5.74) is 0.865. The summed E-state index contributed by atoms with van der Waals surface area (Å²) in [6, 6.07) is 0. The van der Waals surface area contributed by atoms with Gasteiger partial charge in [-0.3, -0.25) is 9.69 Å². The number of H-pyrrole nitrogens is 1. The molecule has 0 radical (unpaired) electrons. The number of rotatable bonds is 11. The van der Waals surface area contributed by atoms with Crippen LogP contribution in [0.1, 0.15) is 16.3 Å². The minimum atomic E-state index is -0.645. The van der Waals surface area contributed by atoms with Crippen molar-refractivity contribution >= 4 is 21.6 Å². The maximum Gasteiger partial charge on any atom is 0.259 e. The third kappa shape index (κ3) is 5.46. The number of nitrogens with one attached hydrogen (secondary N) is 1. The summed E-state index contributed by atoms with van der Waals surface area (Å²) in [5, 5.41) is 10.8. The first-order valence-electron chi connectivity index (χ1n) is 8.53. The van der Waals surface area contributed by atoms with Crippen LogP contribution < -0.4 is 5.56 Å². The monoisotopic (exact) mass is 381 g/mol. The Labute approximate surface area is 157 Å². The van der Waals surface area contributed by atoms with Gasteiger partial charge in [-0.15, -0.1) is 17.9 Å². The molecule has 0 saturated heterocycles. The van der Waals surface area contributed by atoms with Gasteiger partial charge in [-0.25, -0.2) is 4.98 Å². The van der Waals surface area contributed by atoms with Gasteiger partial charge in [0.1, 0.15) is 10.7 Å². The van der Waals surface area contributed by atoms with Crippen molar-refractivity contribution in [3.8, 4) is 0 Å². The molecule has 2 aromatic heterocycles. The van der Waals surface area contributed by atoms with Gasteiger partial charge in [-0.2, -0.15) is 0 Å². The van der Waals surface area contributed by atoms with E-state index in [0.29, 0.717) is 44.1 Å². The van der Waals surface area contributed by atoms with Crippen molar-refractivity contribution in [3.05, 3.63) is 39.3 Å². The molecule has 0 aliphatic rings. The third-order valence-corrected chi connectivity index (χ3v) is 5.19. The molecule has 0 aliphatic carbocycles. The lowest BCUT2D eigenvalue weighted by Gasteiger charge is -2.24. The van der Waals surface area contributed by atoms with Gasteiger partial charge >= 0.3 is 0 Å². The van der Waals surface area contributed by atoms with Crippen LogP contribution in [0.2, 0.25) is 0 Å². The molecule has 0 saturated carbocycles. The Balaban J connectivity index is 2.12. The van der Waals surface area contributed by atoms with Crippen molar-refractivity contribution in [3.63, 3.8) is 0 Å². The largest absolute Gasteiger partial charge is 0.389 e. The zero-order valence-corrected chi connectivity index (χ0v) is 16.4. The molecule has 0 amide bonds. The fourth-order valence-corrected chi connectivity index (χ4v) is 3.73. The number of hydrogen-bond donors (Lipinski definition) is 2. The number of aliphatic hydroxyl groups is 1. The summed E-state index contributed by atoms with van der Waals surface area (Å²) in [5.74, 6) is 0.582. The van der Waals surface area contributed by atoms with Gasteiger partial charge in [-0.1, -0.05) is 6.08 Å². The number of aromatic nitrogens is 2. The maximum atomic E-state index is 12.4. The second-order valence-electron chi connectivity index (χ2n) is 6.18. The number of fused-ring (bicyclic) bond motifs is 1. The quantitative estimate of drug-likeness (QED) is 0.454. The van der Waals surface area contributed by atoms with E-state index < -0.39 is 6.10 Å². The van der Waals surface area contributed by atoms with E-state index in [0.717, 1.165) is 15.3 Å². The molecule has 2 N–H and O–H groups in total. The highest BCUT2D eigenvalue weighted by Crippen LogP contribution is 2.25. The number of methoxy groups -OCH3 is 1. The summed E-state index contributed by atoms with van der Waals surface area (Å²) in [4.78, 5) is 23.7. The molecule has 0 bridgehead atoms. The third-order valence-electron chi connectivity index (χ3n) is 4.09. The van der Waals surface area contributed by atoms with E-state index >= 15 is 0 Å². The highest BCUT2D eigenvalue weighted by molar-refractivity contribution is 7.18. The van der Waals surface area contributed by atoms with Crippen LogP contribution in [0, 0.1) is 13.8 Å². The highest BCUT2D eigenvalue weighted by atomic mass is 32.1. The van der Waals surface area contributed by atoms with E-state index in [1.54, 1.807) is 13.2 Å². The van der Waals surface area contributed by atoms with Crippen LogP contribution in [0.5, 0.6) is 0 Å². The predicted molar refractivity (Wildman–Crippen MR) is 104 cm³/mol. The number of aromatic amines is 1. The molecule has 144 valence electrons. The molecule has 2 aromatic rings. The second kappa shape index (κ2) is 9.94. The molecule has 8 heteroatoms. The van der Waals surface area contributed by atoms with Crippen LogP contribution in [0.25, 0.3) is 10.2 Å². The van der Waals surface area contributed by atoms with E-state index in [2.05, 4.69) is 16.5 Å². The Morgan fingerprint density at radius 1 is 1.46 bits per heavy atom. The van der Waals surface area contributed by atoms with Crippen molar-refractivity contribution < 1.29 is 14.6 Å². The van der Waals surface area contributed by atoms with Crippen molar-refractivity contribution in [1.29, 1.82) is 0 Å². The zero-order valence-electron chi connectivity index (χ0n) is 15.6. The van der Waals surface area contributed by atoms with Crippen LogP contribution in [-0.2, 0) is 16.0 Å². The minimum Gasteiger partial charge on any atom is -0.389 e. The topological polar surface area (TPSA) is 87.7 Å². The van der Waals surface area contributed by atoms with Gasteiger partial charge in [0.15, 0.2) is 0 Å². The van der Waals surface area contributed by atoms with Crippen LogP contribution >= 0.6 is 11.3 Å². The first-order valence-corrected chi connectivity index (χ1v) is 9.34. The molecule has 0 spiro atoms. The Bertz CT molecular complexity index is 787. The SMILES string of the molecule is C=CCOCC(O)CN(CCOC)Cc1nc2sc(C)c(C)c2c(=O)[nH]1. The van der Waals surface area contributed by atoms with E-state index in [4.69, 9.17) is 9.47 Å². The lowest BCUT2D eigenvalue weighted by atomic mass is 10.2. The molecule has 2 rings (SSSR count). The minimum absolute atomic E-state index is 0.117. The first-order chi connectivity index (χ1) is 12.5. The Morgan fingerprint density at radius 3 is 2.92 bits per heavy atom. The van der Waals surface area contributed by atoms with E-state index in [1.807, 2.05) is 18.7 Å². The van der Waals surface area contributed by atoms with Crippen molar-refractivity contribution in [2.45, 2.75) is 26.5 Å². The van der Waals surface area contributed by atoms with Gasteiger partial charge in [0.25, 0.3) is 5.56 Å². The summed E-state index contributed by atoms with van der Waals surface area (Å²) in [7, 11) is 1.63. The number of hydrogen-bond acceptors (Lipinski definition) is 7. The van der Waals surface area contributed by atoms with Crippen molar-refractivity contribution in [2.24, 2.45) is 0 Å². The van der Waals surface area contributed by atoms with E-state index in [-0.39, 0.29) is 12.2 Å². The number of ether oxygens (including phenoxy) is 2. The molecule has 2 heterocycles. The van der Waals surface area contributed by atoms with E-state index in [9.17, 15) is 9.90 Å². The summed E-state index contributed by atoms with van der Waals surface area (Å²) < 4.78 is 10.4. The Morgan fingerprint density at radius 2 is 2.23 bits per heavy atom. The van der Waals surface area contributed by atoms with Crippen molar-refractivity contribution in [2.75, 3.05) is 40.0 Å². The van der Waals surface area contributed by atoms with Crippen LogP contribution in [0.4, 0.5) is 0 Å².